The van der Waals surface area contributed by atoms with Gasteiger partial charge in [-0.25, -0.2) is 4.79 Å². The predicted molar refractivity (Wildman–Crippen MR) is 154 cm³/mol. The molecule has 1 N–H and O–H groups in total. The number of benzene rings is 4. The highest BCUT2D eigenvalue weighted by Gasteiger charge is 2.46. The zero-order valence-corrected chi connectivity index (χ0v) is 24.7. The first kappa shape index (κ1) is 31.1. The van der Waals surface area contributed by atoms with Gasteiger partial charge in [0.15, 0.2) is 11.5 Å². The van der Waals surface area contributed by atoms with Crippen molar-refractivity contribution in [1.82, 2.24) is 0 Å². The number of hydrogen-bond acceptors (Lipinski definition) is 5. The fourth-order valence-electron chi connectivity index (χ4n) is 4.13. The quantitative estimate of drug-likeness (QED) is 0.107. The van der Waals surface area contributed by atoms with E-state index in [1.54, 1.807) is 106 Å². The maximum atomic E-state index is 13.9. The average molecular weight is 620 g/mol. The first-order valence-electron chi connectivity index (χ1n) is 12.8. The minimum atomic E-state index is -4.91. The normalized spacial score (nSPS) is 12.9. The summed E-state index contributed by atoms with van der Waals surface area (Å²) in [5.41, 5.74) is -1.98. The van der Waals surface area contributed by atoms with E-state index in [2.05, 4.69) is 3.63 Å². The third kappa shape index (κ3) is 7.15. The Kier molecular flexibility index (Phi) is 9.05. The first-order chi connectivity index (χ1) is 19.7. The van der Waals surface area contributed by atoms with Crippen LogP contribution in [0.3, 0.4) is 0 Å². The zero-order chi connectivity index (χ0) is 30.6. The molecule has 42 heavy (non-hydrogen) atoms. The van der Waals surface area contributed by atoms with Gasteiger partial charge in [-0.15, -0.1) is 8.42 Å². The molecule has 6 nitrogen and oxygen atoms in total. The van der Waals surface area contributed by atoms with Gasteiger partial charge in [-0.1, -0.05) is 48.5 Å². The van der Waals surface area contributed by atoms with E-state index in [9.17, 15) is 26.4 Å². The van der Waals surface area contributed by atoms with Crippen LogP contribution in [-0.2, 0) is 25.8 Å². The molecule has 0 amide bonds. The van der Waals surface area contributed by atoms with Crippen LogP contribution in [0, 0.1) is 0 Å². The highest BCUT2D eigenvalue weighted by molar-refractivity contribution is 8.32. The molecule has 4 aromatic rings. The Morgan fingerprint density at radius 3 is 1.69 bits per heavy atom. The molecule has 0 bridgehead atoms. The smallest absolute Gasteiger partial charge is 0.422 e. The van der Waals surface area contributed by atoms with E-state index in [4.69, 9.17) is 9.47 Å². The van der Waals surface area contributed by atoms with Gasteiger partial charge < -0.3 is 9.47 Å². The number of ether oxygens (including phenoxy) is 2. The van der Waals surface area contributed by atoms with Crippen molar-refractivity contribution in [2.75, 3.05) is 6.61 Å². The molecule has 0 spiro atoms. The summed E-state index contributed by atoms with van der Waals surface area (Å²) in [6, 6.07) is 27.5. The first-order valence-corrected chi connectivity index (χ1v) is 15.8. The molecule has 0 heterocycles. The van der Waals surface area contributed by atoms with Gasteiger partial charge in [0.05, 0.1) is 30.6 Å². The molecule has 4 rings (SSSR count). The van der Waals surface area contributed by atoms with E-state index in [-0.39, 0.29) is 6.61 Å². The van der Waals surface area contributed by atoms with Crippen LogP contribution in [0.5, 0.6) is 5.75 Å². The fourth-order valence-corrected chi connectivity index (χ4v) is 9.82. The zero-order valence-electron chi connectivity index (χ0n) is 23.0. The number of carbonyl (C=O) groups excluding carboxylic acids is 1. The maximum absolute atomic E-state index is 13.9. The Hall–Kier alpha value is -3.80. The second-order valence-electron chi connectivity index (χ2n) is 10.1. The van der Waals surface area contributed by atoms with Crippen molar-refractivity contribution in [1.29, 1.82) is 0 Å². The number of carbonyl (C=O) groups is 1. The summed E-state index contributed by atoms with van der Waals surface area (Å²) < 4.78 is 84.7. The SMILES string of the molecule is CC(C)(C)OC(=O)COc1ccc(S([OH+]S(=O)(=O)c2ccccc2C(F)(F)F)(c2ccccc2)c2ccccc2)cc1. The molecule has 222 valence electrons. The Balaban J connectivity index is 1.85. The van der Waals surface area contributed by atoms with Crippen LogP contribution in [0.25, 0.3) is 0 Å². The van der Waals surface area contributed by atoms with Crippen molar-refractivity contribution in [3.8, 4) is 5.75 Å². The summed E-state index contributed by atoms with van der Waals surface area (Å²) >= 11 is 0. The molecule has 11 heteroatoms. The van der Waals surface area contributed by atoms with Crippen LogP contribution in [0.1, 0.15) is 26.3 Å². The predicted octanol–water partition coefficient (Wildman–Crippen LogP) is 8.11. The molecule has 0 atom stereocenters. The lowest BCUT2D eigenvalue weighted by atomic mass is 10.2. The van der Waals surface area contributed by atoms with E-state index in [0.29, 0.717) is 20.4 Å². The maximum Gasteiger partial charge on any atom is 0.422 e. The van der Waals surface area contributed by atoms with Crippen molar-refractivity contribution < 1.29 is 39.5 Å². The molecule has 0 aliphatic rings. The Bertz CT molecular complexity index is 1580. The number of rotatable bonds is 9. The van der Waals surface area contributed by atoms with Gasteiger partial charge in [0, 0.05) is 0 Å². The highest BCUT2D eigenvalue weighted by atomic mass is 32.3. The topological polar surface area (TPSA) is 82.5 Å². The second kappa shape index (κ2) is 12.2. The number of alkyl halides is 3. The summed E-state index contributed by atoms with van der Waals surface area (Å²) in [5.74, 6) is -0.256. The van der Waals surface area contributed by atoms with Crippen LogP contribution in [0.2, 0.25) is 0 Å². The van der Waals surface area contributed by atoms with Crippen LogP contribution >= 0.6 is 10.3 Å². The monoisotopic (exact) mass is 619 g/mol. The van der Waals surface area contributed by atoms with E-state index < -0.39 is 48.6 Å². The van der Waals surface area contributed by atoms with Gasteiger partial charge in [0.25, 0.3) is 0 Å². The lowest BCUT2D eigenvalue weighted by Gasteiger charge is -2.35. The van der Waals surface area contributed by atoms with Gasteiger partial charge in [0.1, 0.15) is 11.4 Å². The number of halogens is 3. The highest BCUT2D eigenvalue weighted by Crippen LogP contribution is 2.68. The van der Waals surface area contributed by atoms with Crippen molar-refractivity contribution in [2.45, 2.75) is 52.1 Å². The van der Waals surface area contributed by atoms with Crippen molar-refractivity contribution in [2.24, 2.45) is 0 Å². The molecule has 0 saturated heterocycles. The molecule has 0 aromatic heterocycles. The summed E-state index contributed by atoms with van der Waals surface area (Å²) in [7, 11) is -7.93. The Morgan fingerprint density at radius 2 is 1.19 bits per heavy atom. The number of hydrogen-bond donors (Lipinski definition) is 0. The van der Waals surface area contributed by atoms with Crippen LogP contribution in [-0.4, -0.2) is 30.2 Å². The molecular weight excluding hydrogens is 589 g/mol. The molecule has 0 aliphatic heterocycles. The van der Waals surface area contributed by atoms with Gasteiger partial charge in [-0.05, 0) is 81.4 Å². The standard InChI is InChI=1S/C31H29F3O6S2/c1-30(2,3)39-29(35)22-38-23-18-20-26(21-19-23)41(24-12-6-4-7-13-24,25-14-8-5-9-15-25)40-42(36,37)28-17-11-10-16-27(28)31(32,33)34/h4-21H,22H2,1-3H3/p+1. The Morgan fingerprint density at radius 1 is 0.714 bits per heavy atom. The van der Waals surface area contributed by atoms with Crippen LogP contribution in [0.15, 0.2) is 129 Å². The second-order valence-corrected chi connectivity index (χ2v) is 14.7. The summed E-state index contributed by atoms with van der Waals surface area (Å²) in [4.78, 5) is 12.6. The third-order valence-electron chi connectivity index (χ3n) is 5.79. The molecule has 0 saturated carbocycles. The lowest BCUT2D eigenvalue weighted by Crippen LogP contribution is -2.27. The van der Waals surface area contributed by atoms with E-state index in [0.717, 1.165) is 18.2 Å². The summed E-state index contributed by atoms with van der Waals surface area (Å²) in [5, 5.41) is 0. The van der Waals surface area contributed by atoms with Gasteiger partial charge >= 0.3 is 22.3 Å². The average Bonchev–Trinajstić information content (AvgIpc) is 2.95. The third-order valence-corrected chi connectivity index (χ3v) is 11.2. The minimum Gasteiger partial charge on any atom is -0.482 e. The molecule has 4 aromatic carbocycles. The fraction of sp³-hybridized carbons (Fsp3) is 0.194. The minimum absolute atomic E-state index is 0.310. The van der Waals surface area contributed by atoms with Crippen molar-refractivity contribution in [3.63, 3.8) is 0 Å². The number of esters is 1. The van der Waals surface area contributed by atoms with Gasteiger partial charge in [-0.2, -0.15) is 13.2 Å². The molecule has 0 fully saturated rings. The summed E-state index contributed by atoms with van der Waals surface area (Å²) in [6.07, 6.45) is -4.91. The molecular formula is C31H30F3O6S2+. The lowest BCUT2D eigenvalue weighted by molar-refractivity contribution is -0.157. The van der Waals surface area contributed by atoms with Crippen molar-refractivity contribution >= 4 is 26.4 Å². The Labute approximate surface area is 244 Å². The van der Waals surface area contributed by atoms with Gasteiger partial charge in [-0.3, -0.25) is 3.63 Å². The van der Waals surface area contributed by atoms with E-state index in [1.807, 2.05) is 0 Å². The molecule has 0 radical (unpaired) electrons. The molecule has 0 unspecified atom stereocenters. The largest absolute Gasteiger partial charge is 0.482 e. The molecule has 0 aliphatic carbocycles. The van der Waals surface area contributed by atoms with E-state index >= 15 is 0 Å². The van der Waals surface area contributed by atoms with Crippen LogP contribution < -0.4 is 4.74 Å². The van der Waals surface area contributed by atoms with E-state index in [1.165, 1.54) is 6.07 Å². The summed E-state index contributed by atoms with van der Waals surface area (Å²) in [6.45, 7) is 4.86. The van der Waals surface area contributed by atoms with Crippen LogP contribution in [0.4, 0.5) is 13.2 Å². The van der Waals surface area contributed by atoms with Gasteiger partial charge in [0.2, 0.25) is 0 Å². The van der Waals surface area contributed by atoms with Crippen molar-refractivity contribution in [3.05, 3.63) is 115 Å².